The molecule has 190 valence electrons. The summed E-state index contributed by atoms with van der Waals surface area (Å²) in [6.45, 7) is 0. The molecule has 0 aliphatic rings. The van der Waals surface area contributed by atoms with E-state index < -0.39 is 17.7 Å². The van der Waals surface area contributed by atoms with E-state index in [1.165, 1.54) is 56.9 Å². The molecule has 0 unspecified atom stereocenters. The van der Waals surface area contributed by atoms with Crippen molar-refractivity contribution in [2.45, 2.75) is 0 Å². The monoisotopic (exact) mass is 539 g/mol. The van der Waals surface area contributed by atoms with Gasteiger partial charge in [-0.15, -0.1) is 11.3 Å². The number of hydrogen-bond donors (Lipinski definition) is 3. The summed E-state index contributed by atoms with van der Waals surface area (Å²) < 4.78 is 16.7. The van der Waals surface area contributed by atoms with Crippen LogP contribution in [-0.2, 0) is 0 Å². The van der Waals surface area contributed by atoms with Crippen molar-refractivity contribution >= 4 is 56.4 Å². The van der Waals surface area contributed by atoms with Crippen molar-refractivity contribution in [1.82, 2.24) is 10.9 Å². The zero-order valence-corrected chi connectivity index (χ0v) is 21.6. The second-order valence-electron chi connectivity index (χ2n) is 7.60. The number of ether oxygens (including phenoxy) is 3. The van der Waals surface area contributed by atoms with Crippen LogP contribution in [0.15, 0.2) is 60.7 Å². The van der Waals surface area contributed by atoms with Gasteiger partial charge in [0.25, 0.3) is 17.7 Å². The summed E-state index contributed by atoms with van der Waals surface area (Å²) in [7, 11) is 4.40. The van der Waals surface area contributed by atoms with Gasteiger partial charge in [0.2, 0.25) is 5.75 Å². The molecule has 0 saturated carbocycles. The highest BCUT2D eigenvalue weighted by molar-refractivity contribution is 7.21. The van der Waals surface area contributed by atoms with Crippen molar-refractivity contribution in [3.63, 3.8) is 0 Å². The van der Waals surface area contributed by atoms with Gasteiger partial charge in [-0.3, -0.25) is 25.2 Å². The quantitative estimate of drug-likeness (QED) is 0.288. The minimum absolute atomic E-state index is 0.272. The van der Waals surface area contributed by atoms with E-state index in [2.05, 4.69) is 16.2 Å². The van der Waals surface area contributed by atoms with Crippen molar-refractivity contribution in [2.24, 2.45) is 0 Å². The Morgan fingerprint density at radius 1 is 0.757 bits per heavy atom. The first-order valence-electron chi connectivity index (χ1n) is 10.9. The normalized spacial score (nSPS) is 10.5. The molecule has 1 heterocycles. The molecular weight excluding hydrogens is 518 g/mol. The van der Waals surface area contributed by atoms with Crippen LogP contribution in [0.4, 0.5) is 5.69 Å². The molecule has 3 amide bonds. The van der Waals surface area contributed by atoms with Gasteiger partial charge in [-0.05, 0) is 42.5 Å². The number of carbonyl (C=O) groups is 3. The Balaban J connectivity index is 1.39. The van der Waals surface area contributed by atoms with Crippen molar-refractivity contribution in [2.75, 3.05) is 26.6 Å². The number of benzene rings is 3. The molecule has 0 spiro atoms. The van der Waals surface area contributed by atoms with Crippen LogP contribution >= 0.6 is 22.9 Å². The molecule has 0 saturated heterocycles. The highest BCUT2D eigenvalue weighted by Gasteiger charge is 2.19. The van der Waals surface area contributed by atoms with Crippen LogP contribution in [0.25, 0.3) is 10.1 Å². The minimum Gasteiger partial charge on any atom is -0.493 e. The van der Waals surface area contributed by atoms with E-state index in [1.54, 1.807) is 12.1 Å². The molecule has 0 aliphatic heterocycles. The number of halogens is 1. The molecule has 3 N–H and O–H groups in total. The zero-order valence-electron chi connectivity index (χ0n) is 20.0. The molecule has 1 aromatic heterocycles. The van der Waals surface area contributed by atoms with E-state index in [-0.39, 0.29) is 5.56 Å². The Hall–Kier alpha value is -4.28. The number of thiophene rings is 1. The standard InChI is InChI=1S/C26H22ClN3O6S/c1-34-18-12-15(13-19(35-2)22(18)36-3)24(31)28-16-10-8-14(9-11-16)25(32)29-30-26(33)23-21(27)17-6-4-5-7-20(17)37-23/h4-13H,1-3H3,(H,28,31)(H,29,32)(H,30,33). The summed E-state index contributed by atoms with van der Waals surface area (Å²) in [5, 5.41) is 3.86. The Kier molecular flexibility index (Phi) is 7.80. The van der Waals surface area contributed by atoms with Crippen molar-refractivity contribution in [3.05, 3.63) is 81.7 Å². The smallest absolute Gasteiger partial charge is 0.281 e. The van der Waals surface area contributed by atoms with Gasteiger partial charge in [-0.25, -0.2) is 0 Å². The fraction of sp³-hybridized carbons (Fsp3) is 0.115. The van der Waals surface area contributed by atoms with Crippen LogP contribution in [0.1, 0.15) is 30.4 Å². The van der Waals surface area contributed by atoms with E-state index in [1.807, 2.05) is 24.3 Å². The number of amides is 3. The van der Waals surface area contributed by atoms with Crippen LogP contribution in [0.3, 0.4) is 0 Å². The molecule has 3 aromatic carbocycles. The summed E-state index contributed by atoms with van der Waals surface area (Å²) in [5.41, 5.74) is 5.77. The van der Waals surface area contributed by atoms with E-state index in [0.717, 1.165) is 10.1 Å². The second-order valence-corrected chi connectivity index (χ2v) is 9.03. The average molecular weight is 540 g/mol. The summed E-state index contributed by atoms with van der Waals surface area (Å²) in [6.07, 6.45) is 0. The minimum atomic E-state index is -0.534. The molecular formula is C26H22ClN3O6S. The lowest BCUT2D eigenvalue weighted by Crippen LogP contribution is -2.41. The summed E-state index contributed by atoms with van der Waals surface area (Å²) in [5.74, 6) is -0.402. The van der Waals surface area contributed by atoms with Crippen molar-refractivity contribution in [1.29, 1.82) is 0 Å². The Labute approximate surface area is 221 Å². The van der Waals surface area contributed by atoms with Crippen LogP contribution in [0.5, 0.6) is 17.2 Å². The first-order chi connectivity index (χ1) is 17.9. The van der Waals surface area contributed by atoms with Crippen molar-refractivity contribution < 1.29 is 28.6 Å². The maximum Gasteiger partial charge on any atom is 0.281 e. The molecule has 0 radical (unpaired) electrons. The number of carbonyl (C=O) groups excluding carboxylic acids is 3. The van der Waals surface area contributed by atoms with Gasteiger partial charge < -0.3 is 19.5 Å². The molecule has 37 heavy (non-hydrogen) atoms. The van der Waals surface area contributed by atoms with Gasteiger partial charge >= 0.3 is 0 Å². The third-order valence-corrected chi connectivity index (χ3v) is 7.04. The third kappa shape index (κ3) is 5.45. The maximum atomic E-state index is 12.8. The molecule has 4 aromatic rings. The molecule has 0 fully saturated rings. The van der Waals surface area contributed by atoms with Gasteiger partial charge in [-0.2, -0.15) is 0 Å². The highest BCUT2D eigenvalue weighted by Crippen LogP contribution is 2.38. The SMILES string of the molecule is COc1cc(C(=O)Nc2ccc(C(=O)NNC(=O)c3sc4ccccc4c3Cl)cc2)cc(OC)c1OC. The van der Waals surface area contributed by atoms with Gasteiger partial charge in [-0.1, -0.05) is 29.8 Å². The summed E-state index contributed by atoms with van der Waals surface area (Å²) >= 11 is 7.55. The number of hydrogen-bond acceptors (Lipinski definition) is 7. The lowest BCUT2D eigenvalue weighted by molar-refractivity contribution is 0.0849. The second kappa shape index (κ2) is 11.2. The number of nitrogens with one attached hydrogen (secondary N) is 3. The van der Waals surface area contributed by atoms with Gasteiger partial charge in [0.05, 0.1) is 26.4 Å². The first kappa shape index (κ1) is 25.8. The van der Waals surface area contributed by atoms with E-state index in [0.29, 0.717) is 38.4 Å². The molecule has 0 aliphatic carbocycles. The van der Waals surface area contributed by atoms with Gasteiger partial charge in [0, 0.05) is 26.9 Å². The Bertz CT molecular complexity index is 1460. The molecule has 9 nitrogen and oxygen atoms in total. The summed E-state index contributed by atoms with van der Waals surface area (Å²) in [4.78, 5) is 38.1. The molecule has 0 atom stereocenters. The predicted molar refractivity (Wildman–Crippen MR) is 142 cm³/mol. The molecule has 4 rings (SSSR count). The third-order valence-electron chi connectivity index (χ3n) is 5.36. The van der Waals surface area contributed by atoms with E-state index >= 15 is 0 Å². The predicted octanol–water partition coefficient (Wildman–Crippen LogP) is 4.91. The van der Waals surface area contributed by atoms with Gasteiger partial charge in [0.15, 0.2) is 11.5 Å². The number of rotatable bonds is 7. The number of anilines is 1. The van der Waals surface area contributed by atoms with Gasteiger partial charge in [0.1, 0.15) is 4.88 Å². The Morgan fingerprint density at radius 3 is 1.97 bits per heavy atom. The number of hydrazine groups is 1. The van der Waals surface area contributed by atoms with E-state index in [9.17, 15) is 14.4 Å². The van der Waals surface area contributed by atoms with Crippen molar-refractivity contribution in [3.8, 4) is 17.2 Å². The maximum absolute atomic E-state index is 12.8. The Morgan fingerprint density at radius 2 is 1.38 bits per heavy atom. The fourth-order valence-electron chi connectivity index (χ4n) is 3.52. The van der Waals surface area contributed by atoms with E-state index in [4.69, 9.17) is 25.8 Å². The van der Waals surface area contributed by atoms with Crippen LogP contribution in [0, 0.1) is 0 Å². The first-order valence-corrected chi connectivity index (χ1v) is 12.0. The lowest BCUT2D eigenvalue weighted by atomic mass is 10.1. The highest BCUT2D eigenvalue weighted by atomic mass is 35.5. The summed E-state index contributed by atoms with van der Waals surface area (Å²) in [6, 6.07) is 16.6. The number of fused-ring (bicyclic) bond motifs is 1. The lowest BCUT2D eigenvalue weighted by Gasteiger charge is -2.14. The largest absolute Gasteiger partial charge is 0.493 e. The average Bonchev–Trinajstić information content (AvgIpc) is 3.27. The zero-order chi connectivity index (χ0) is 26.5. The number of methoxy groups -OCH3 is 3. The molecule has 0 bridgehead atoms. The van der Waals surface area contributed by atoms with Crippen LogP contribution in [0.2, 0.25) is 5.02 Å². The molecule has 11 heteroatoms. The topological polar surface area (TPSA) is 115 Å². The fourth-order valence-corrected chi connectivity index (χ4v) is 4.94. The van der Waals surface area contributed by atoms with Crippen LogP contribution in [-0.4, -0.2) is 39.1 Å². The van der Waals surface area contributed by atoms with Crippen LogP contribution < -0.4 is 30.4 Å².